The van der Waals surface area contributed by atoms with E-state index in [9.17, 15) is 14.9 Å². The standard InChI is InChI=1S/C22H19N5O5S2/c28-19(24-21-23-17-8-6-15(27(29)30)10-18(17)34-21)12-33-22-26-25-20(32-22)11-31-16-7-5-13-3-1-2-4-14(13)9-16/h5-10H,1-4,11-12H2,(H,23,24,28). The third-order valence-corrected chi connectivity index (χ3v) is 7.04. The lowest BCUT2D eigenvalue weighted by Crippen LogP contribution is -2.13. The van der Waals surface area contributed by atoms with E-state index in [2.05, 4.69) is 32.6 Å². The second kappa shape index (κ2) is 9.77. The molecule has 1 amide bonds. The summed E-state index contributed by atoms with van der Waals surface area (Å²) in [6.07, 6.45) is 4.64. The summed E-state index contributed by atoms with van der Waals surface area (Å²) in [7, 11) is 0. The topological polar surface area (TPSA) is 133 Å². The molecule has 0 unspecified atom stereocenters. The number of hydrogen-bond acceptors (Lipinski definition) is 10. The molecule has 174 valence electrons. The van der Waals surface area contributed by atoms with E-state index in [-0.39, 0.29) is 29.2 Å². The van der Waals surface area contributed by atoms with Crippen LogP contribution in [-0.2, 0) is 24.2 Å². The van der Waals surface area contributed by atoms with Gasteiger partial charge in [0, 0.05) is 12.1 Å². The van der Waals surface area contributed by atoms with Crippen LogP contribution in [-0.4, -0.2) is 31.8 Å². The van der Waals surface area contributed by atoms with Crippen molar-refractivity contribution in [1.82, 2.24) is 15.2 Å². The SMILES string of the molecule is O=C(CSc1nnc(COc2ccc3c(c2)CCCC3)o1)Nc1nc2ccc([N+](=O)[O-])cc2s1. The van der Waals surface area contributed by atoms with Crippen molar-refractivity contribution in [2.45, 2.75) is 37.5 Å². The highest BCUT2D eigenvalue weighted by molar-refractivity contribution is 7.99. The number of rotatable bonds is 8. The summed E-state index contributed by atoms with van der Waals surface area (Å²) in [5.74, 6) is 0.842. The van der Waals surface area contributed by atoms with E-state index in [4.69, 9.17) is 9.15 Å². The van der Waals surface area contributed by atoms with Crippen LogP contribution < -0.4 is 10.1 Å². The Balaban J connectivity index is 1.12. The zero-order valence-electron chi connectivity index (χ0n) is 17.9. The number of aryl methyl sites for hydroxylation is 2. The minimum absolute atomic E-state index is 0.0209. The van der Waals surface area contributed by atoms with Gasteiger partial charge in [0.15, 0.2) is 11.7 Å². The third kappa shape index (κ3) is 5.18. The molecular formula is C22H19N5O5S2. The van der Waals surface area contributed by atoms with E-state index in [0.717, 1.165) is 30.4 Å². The zero-order valence-corrected chi connectivity index (χ0v) is 19.5. The Hall–Kier alpha value is -3.51. The van der Waals surface area contributed by atoms with Gasteiger partial charge in [-0.1, -0.05) is 29.2 Å². The van der Waals surface area contributed by atoms with Crippen LogP contribution in [0, 0.1) is 10.1 Å². The average Bonchev–Trinajstić information content (AvgIpc) is 3.47. The van der Waals surface area contributed by atoms with Crippen LogP contribution in [0.3, 0.4) is 0 Å². The summed E-state index contributed by atoms with van der Waals surface area (Å²) >= 11 is 2.27. The van der Waals surface area contributed by atoms with Crippen LogP contribution in [0.1, 0.15) is 29.9 Å². The van der Waals surface area contributed by atoms with Crippen molar-refractivity contribution < 1.29 is 18.9 Å². The molecule has 2 heterocycles. The maximum atomic E-state index is 12.3. The number of nitrogens with one attached hydrogen (secondary N) is 1. The van der Waals surface area contributed by atoms with E-state index in [1.165, 1.54) is 47.4 Å². The van der Waals surface area contributed by atoms with Gasteiger partial charge in [-0.3, -0.25) is 14.9 Å². The Labute approximate surface area is 201 Å². The number of nitrogens with zero attached hydrogens (tertiary/aromatic N) is 4. The van der Waals surface area contributed by atoms with Gasteiger partial charge in [0.25, 0.3) is 16.8 Å². The first-order valence-corrected chi connectivity index (χ1v) is 12.4. The monoisotopic (exact) mass is 497 g/mol. The average molecular weight is 498 g/mol. The van der Waals surface area contributed by atoms with Crippen molar-refractivity contribution in [1.29, 1.82) is 0 Å². The molecule has 10 nitrogen and oxygen atoms in total. The molecule has 1 N–H and O–H groups in total. The Morgan fingerprint density at radius 2 is 2.03 bits per heavy atom. The van der Waals surface area contributed by atoms with Crippen LogP contribution in [0.15, 0.2) is 46.0 Å². The highest BCUT2D eigenvalue weighted by Crippen LogP contribution is 2.30. The molecule has 0 saturated carbocycles. The van der Waals surface area contributed by atoms with Crippen molar-refractivity contribution in [2.75, 3.05) is 11.1 Å². The van der Waals surface area contributed by atoms with Gasteiger partial charge in [-0.15, -0.1) is 10.2 Å². The van der Waals surface area contributed by atoms with Gasteiger partial charge in [-0.2, -0.15) is 0 Å². The minimum Gasteiger partial charge on any atom is -0.484 e. The summed E-state index contributed by atoms with van der Waals surface area (Å²) < 4.78 is 12.0. The zero-order chi connectivity index (χ0) is 23.5. The fraction of sp³-hybridized carbons (Fsp3) is 0.273. The molecule has 0 radical (unpaired) electrons. The first-order chi connectivity index (χ1) is 16.5. The normalized spacial score (nSPS) is 12.9. The fourth-order valence-electron chi connectivity index (χ4n) is 3.66. The summed E-state index contributed by atoms with van der Waals surface area (Å²) in [4.78, 5) is 27.0. The van der Waals surface area contributed by atoms with Crippen LogP contribution in [0.25, 0.3) is 10.2 Å². The van der Waals surface area contributed by atoms with E-state index >= 15 is 0 Å². The molecule has 1 aliphatic rings. The van der Waals surface area contributed by atoms with E-state index < -0.39 is 4.92 Å². The van der Waals surface area contributed by atoms with Gasteiger partial charge in [-0.05, 0) is 55.0 Å². The number of thioether (sulfide) groups is 1. The predicted octanol–water partition coefficient (Wildman–Crippen LogP) is 4.78. The smallest absolute Gasteiger partial charge is 0.277 e. The maximum Gasteiger partial charge on any atom is 0.277 e. The van der Waals surface area contributed by atoms with Crippen molar-refractivity contribution >= 4 is 50.0 Å². The number of non-ortho nitro benzene ring substituents is 1. The van der Waals surface area contributed by atoms with Crippen LogP contribution in [0.5, 0.6) is 5.75 Å². The number of amides is 1. The summed E-state index contributed by atoms with van der Waals surface area (Å²) in [6, 6.07) is 10.5. The van der Waals surface area contributed by atoms with Crippen molar-refractivity contribution in [3.8, 4) is 5.75 Å². The quantitative estimate of drug-likeness (QED) is 0.207. The maximum absolute atomic E-state index is 12.3. The molecular weight excluding hydrogens is 478 g/mol. The van der Waals surface area contributed by atoms with Crippen LogP contribution >= 0.6 is 23.1 Å². The molecule has 0 saturated heterocycles. The van der Waals surface area contributed by atoms with Gasteiger partial charge < -0.3 is 14.5 Å². The molecule has 0 spiro atoms. The Bertz CT molecular complexity index is 1370. The molecule has 12 heteroatoms. The van der Waals surface area contributed by atoms with E-state index in [1.807, 2.05) is 6.07 Å². The molecule has 0 aliphatic heterocycles. The van der Waals surface area contributed by atoms with Gasteiger partial charge in [0.2, 0.25) is 5.91 Å². The van der Waals surface area contributed by atoms with Crippen molar-refractivity contribution in [3.63, 3.8) is 0 Å². The number of nitro benzene ring substituents is 1. The number of carbonyl (C=O) groups excluding carboxylic acids is 1. The Morgan fingerprint density at radius 1 is 1.18 bits per heavy atom. The first-order valence-electron chi connectivity index (χ1n) is 10.6. The number of ether oxygens (including phenoxy) is 1. The number of hydrogen-bond donors (Lipinski definition) is 1. The van der Waals surface area contributed by atoms with Gasteiger partial charge >= 0.3 is 0 Å². The van der Waals surface area contributed by atoms with Crippen molar-refractivity contribution in [3.05, 3.63) is 63.5 Å². The highest BCUT2D eigenvalue weighted by atomic mass is 32.2. The molecule has 4 aromatic rings. The molecule has 2 aromatic heterocycles. The summed E-state index contributed by atoms with van der Waals surface area (Å²) in [5, 5.41) is 22.1. The highest BCUT2D eigenvalue weighted by Gasteiger charge is 2.15. The predicted molar refractivity (Wildman–Crippen MR) is 127 cm³/mol. The first kappa shape index (κ1) is 22.3. The van der Waals surface area contributed by atoms with E-state index in [0.29, 0.717) is 21.2 Å². The van der Waals surface area contributed by atoms with Gasteiger partial charge in [0.1, 0.15) is 5.75 Å². The Kier molecular flexibility index (Phi) is 6.41. The number of nitro groups is 1. The number of thiazole rings is 1. The lowest BCUT2D eigenvalue weighted by atomic mass is 9.92. The lowest BCUT2D eigenvalue weighted by Gasteiger charge is -2.16. The molecule has 1 aliphatic carbocycles. The minimum atomic E-state index is -0.468. The Morgan fingerprint density at radius 3 is 2.88 bits per heavy atom. The summed E-state index contributed by atoms with van der Waals surface area (Å²) in [5.41, 5.74) is 3.29. The third-order valence-electron chi connectivity index (χ3n) is 5.29. The molecule has 34 heavy (non-hydrogen) atoms. The largest absolute Gasteiger partial charge is 0.484 e. The number of aromatic nitrogens is 3. The number of benzene rings is 2. The molecule has 0 fully saturated rings. The lowest BCUT2D eigenvalue weighted by molar-refractivity contribution is -0.384. The number of carbonyl (C=O) groups is 1. The molecule has 0 atom stereocenters. The molecule has 0 bridgehead atoms. The van der Waals surface area contributed by atoms with Gasteiger partial charge in [0.05, 0.1) is 20.9 Å². The number of fused-ring (bicyclic) bond motifs is 2. The number of anilines is 1. The molecule has 5 rings (SSSR count). The summed E-state index contributed by atoms with van der Waals surface area (Å²) in [6.45, 7) is 0.149. The van der Waals surface area contributed by atoms with Crippen molar-refractivity contribution in [2.24, 2.45) is 0 Å². The van der Waals surface area contributed by atoms with Crippen LogP contribution in [0.2, 0.25) is 0 Å². The second-order valence-corrected chi connectivity index (χ2v) is 9.61. The van der Waals surface area contributed by atoms with E-state index in [1.54, 1.807) is 6.07 Å². The van der Waals surface area contributed by atoms with Crippen LogP contribution in [0.4, 0.5) is 10.8 Å². The van der Waals surface area contributed by atoms with Gasteiger partial charge in [-0.25, -0.2) is 4.98 Å². The molecule has 2 aromatic carbocycles. The fourth-order valence-corrected chi connectivity index (χ4v) is 5.16. The second-order valence-electron chi connectivity index (χ2n) is 7.65.